The molecule has 13 heteroatoms. The van der Waals surface area contributed by atoms with Crippen molar-refractivity contribution in [1.29, 1.82) is 0 Å². The Morgan fingerprint density at radius 3 is 2.17 bits per heavy atom. The van der Waals surface area contributed by atoms with Gasteiger partial charge in [-0.3, -0.25) is 14.4 Å². The Kier molecular flexibility index (Phi) is 8.38. The number of benzene rings is 2. The second-order valence-corrected chi connectivity index (χ2v) is 10.6. The Morgan fingerprint density at radius 1 is 1.00 bits per heavy atom. The van der Waals surface area contributed by atoms with Crippen LogP contribution in [0.25, 0.3) is 0 Å². The number of alkyl halides is 6. The average molecular weight is 588 g/mol. The summed E-state index contributed by atoms with van der Waals surface area (Å²) in [6, 6.07) is 4.49. The van der Waals surface area contributed by atoms with E-state index in [0.29, 0.717) is 29.7 Å². The molecular weight excluding hydrogens is 559 g/mol. The maximum atomic E-state index is 13.9. The number of aryl methyl sites for hydroxylation is 1. The van der Waals surface area contributed by atoms with Gasteiger partial charge in [-0.25, -0.2) is 4.39 Å². The van der Waals surface area contributed by atoms with Crippen molar-refractivity contribution in [3.8, 4) is 0 Å². The Balaban J connectivity index is 1.61. The molecule has 41 heavy (non-hydrogen) atoms. The SMILES string of the molecule is Cc1cc(F)ccc1[C@@H]1CN(C(=O)[C@H]2CCC(=O)N2)CC[C@H]1C(=O)N(C)Cc1cc(C(F)(F)F)cc(C(F)(F)F)c1. The van der Waals surface area contributed by atoms with Gasteiger partial charge in [-0.2, -0.15) is 26.3 Å². The highest BCUT2D eigenvalue weighted by Crippen LogP contribution is 2.38. The van der Waals surface area contributed by atoms with E-state index in [9.17, 15) is 45.1 Å². The number of nitrogens with one attached hydrogen (secondary N) is 1. The molecule has 0 saturated carbocycles. The highest BCUT2D eigenvalue weighted by Gasteiger charge is 2.41. The molecule has 1 N–H and O–H groups in total. The zero-order valence-corrected chi connectivity index (χ0v) is 22.2. The molecule has 2 aromatic rings. The van der Waals surface area contributed by atoms with E-state index in [1.54, 1.807) is 6.92 Å². The predicted molar refractivity (Wildman–Crippen MR) is 133 cm³/mol. The van der Waals surface area contributed by atoms with E-state index >= 15 is 0 Å². The smallest absolute Gasteiger partial charge is 0.344 e. The van der Waals surface area contributed by atoms with Gasteiger partial charge in [0.1, 0.15) is 11.9 Å². The molecule has 6 nitrogen and oxygen atoms in total. The topological polar surface area (TPSA) is 69.7 Å². The quantitative estimate of drug-likeness (QED) is 0.499. The van der Waals surface area contributed by atoms with Crippen molar-refractivity contribution in [2.45, 2.75) is 57.0 Å². The standard InChI is InChI=1S/C28H28F7N3O3/c1-15-9-19(29)3-4-20(15)22-14-38(26(41)23-5-6-24(39)36-23)8-7-21(22)25(40)37(2)13-16-10-17(27(30,31)32)12-18(11-16)28(33,34)35/h3-4,9-12,21-23H,5-8,13-14H2,1-2H3,(H,36,39)/t21-,22+,23-/m1/s1. The summed E-state index contributed by atoms with van der Waals surface area (Å²) in [5.74, 6) is -3.03. The normalized spacial score (nSPS) is 21.5. The lowest BCUT2D eigenvalue weighted by molar-refractivity contribution is -0.143. The molecule has 2 heterocycles. The number of halogens is 7. The van der Waals surface area contributed by atoms with Crippen LogP contribution in [-0.2, 0) is 33.3 Å². The number of nitrogens with zero attached hydrogens (tertiary/aromatic N) is 2. The highest BCUT2D eigenvalue weighted by molar-refractivity contribution is 5.91. The molecule has 2 aromatic carbocycles. The number of carbonyl (C=O) groups is 3. The minimum Gasteiger partial charge on any atom is -0.344 e. The summed E-state index contributed by atoms with van der Waals surface area (Å²) in [5.41, 5.74) is -2.19. The molecule has 2 aliphatic rings. The lowest BCUT2D eigenvalue weighted by Crippen LogP contribution is -2.52. The van der Waals surface area contributed by atoms with Gasteiger partial charge in [0.2, 0.25) is 17.7 Å². The molecular formula is C28H28F7N3O3. The van der Waals surface area contributed by atoms with E-state index in [-0.39, 0.29) is 49.4 Å². The van der Waals surface area contributed by atoms with Crippen molar-refractivity contribution in [2.24, 2.45) is 5.92 Å². The van der Waals surface area contributed by atoms with Gasteiger partial charge in [0.15, 0.2) is 0 Å². The zero-order chi connectivity index (χ0) is 30.3. The lowest BCUT2D eigenvalue weighted by Gasteiger charge is -2.40. The number of amides is 3. The first-order chi connectivity index (χ1) is 19.0. The van der Waals surface area contributed by atoms with Gasteiger partial charge in [-0.05, 0) is 66.8 Å². The molecule has 0 spiro atoms. The van der Waals surface area contributed by atoms with Crippen molar-refractivity contribution < 1.29 is 45.1 Å². The minimum absolute atomic E-state index is 0.0260. The van der Waals surface area contributed by atoms with Crippen LogP contribution in [-0.4, -0.2) is 53.7 Å². The van der Waals surface area contributed by atoms with Gasteiger partial charge in [0.25, 0.3) is 0 Å². The van der Waals surface area contributed by atoms with Crippen molar-refractivity contribution in [3.05, 3.63) is 70.0 Å². The summed E-state index contributed by atoms with van der Waals surface area (Å²) in [6.45, 7) is 1.33. The Bertz CT molecular complexity index is 1310. The third kappa shape index (κ3) is 6.82. The first-order valence-electron chi connectivity index (χ1n) is 12.9. The van der Waals surface area contributed by atoms with Crippen LogP contribution < -0.4 is 5.32 Å². The summed E-state index contributed by atoms with van der Waals surface area (Å²) < 4.78 is 93.9. The first-order valence-corrected chi connectivity index (χ1v) is 12.9. The van der Waals surface area contributed by atoms with E-state index in [4.69, 9.17) is 0 Å². The second-order valence-electron chi connectivity index (χ2n) is 10.6. The molecule has 0 bridgehead atoms. The van der Waals surface area contributed by atoms with Gasteiger partial charge in [-0.15, -0.1) is 0 Å². The molecule has 3 atom stereocenters. The van der Waals surface area contributed by atoms with Gasteiger partial charge < -0.3 is 15.1 Å². The Morgan fingerprint density at radius 2 is 1.63 bits per heavy atom. The molecule has 2 fully saturated rings. The molecule has 4 rings (SSSR count). The third-order valence-corrected chi connectivity index (χ3v) is 7.61. The second kappa shape index (κ2) is 11.3. The number of rotatable bonds is 5. The molecule has 0 aliphatic carbocycles. The number of carbonyl (C=O) groups excluding carboxylic acids is 3. The van der Waals surface area contributed by atoms with E-state index in [1.807, 2.05) is 0 Å². The summed E-state index contributed by atoms with van der Waals surface area (Å²) >= 11 is 0. The van der Waals surface area contributed by atoms with Crippen LogP contribution in [0.3, 0.4) is 0 Å². The number of piperidine rings is 1. The first kappa shape index (κ1) is 30.3. The van der Waals surface area contributed by atoms with Gasteiger partial charge in [-0.1, -0.05) is 6.07 Å². The highest BCUT2D eigenvalue weighted by atomic mass is 19.4. The molecule has 0 aromatic heterocycles. The third-order valence-electron chi connectivity index (χ3n) is 7.61. The van der Waals surface area contributed by atoms with Crippen molar-refractivity contribution >= 4 is 17.7 Å². The predicted octanol–water partition coefficient (Wildman–Crippen LogP) is 5.04. The molecule has 2 aliphatic heterocycles. The Hall–Kier alpha value is -3.64. The van der Waals surface area contributed by atoms with Gasteiger partial charge in [0.05, 0.1) is 11.1 Å². The average Bonchev–Trinajstić information content (AvgIpc) is 3.32. The fraction of sp³-hybridized carbons (Fsp3) is 0.464. The zero-order valence-electron chi connectivity index (χ0n) is 22.2. The van der Waals surface area contributed by atoms with E-state index < -0.39 is 59.6 Å². The largest absolute Gasteiger partial charge is 0.416 e. The van der Waals surface area contributed by atoms with Crippen LogP contribution in [0.4, 0.5) is 30.7 Å². The van der Waals surface area contributed by atoms with Crippen molar-refractivity contribution in [1.82, 2.24) is 15.1 Å². The fourth-order valence-electron chi connectivity index (χ4n) is 5.58. The van der Waals surface area contributed by atoms with Crippen molar-refractivity contribution in [3.63, 3.8) is 0 Å². The minimum atomic E-state index is -5.03. The van der Waals surface area contributed by atoms with Crippen LogP contribution in [0.15, 0.2) is 36.4 Å². The summed E-state index contributed by atoms with van der Waals surface area (Å²) in [6.07, 6.45) is -9.37. The number of likely N-dealkylation sites (tertiary alicyclic amines) is 1. The van der Waals surface area contributed by atoms with Crippen LogP contribution in [0.5, 0.6) is 0 Å². The molecule has 3 amide bonds. The van der Waals surface area contributed by atoms with Crippen LogP contribution in [0.1, 0.15) is 53.0 Å². The molecule has 222 valence electrons. The fourth-order valence-corrected chi connectivity index (χ4v) is 5.58. The van der Waals surface area contributed by atoms with Crippen LogP contribution in [0, 0.1) is 18.7 Å². The van der Waals surface area contributed by atoms with Crippen LogP contribution >= 0.6 is 0 Å². The molecule has 0 unspecified atom stereocenters. The van der Waals surface area contributed by atoms with E-state index in [0.717, 1.165) is 4.90 Å². The lowest BCUT2D eigenvalue weighted by atomic mass is 9.78. The summed E-state index contributed by atoms with van der Waals surface area (Å²) in [7, 11) is 1.29. The number of hydrogen-bond donors (Lipinski definition) is 1. The van der Waals surface area contributed by atoms with Crippen LogP contribution in [0.2, 0.25) is 0 Å². The number of hydrogen-bond acceptors (Lipinski definition) is 3. The Labute approximate surface area is 231 Å². The maximum absolute atomic E-state index is 13.9. The van der Waals surface area contributed by atoms with Gasteiger partial charge in [0, 0.05) is 44.9 Å². The molecule has 0 radical (unpaired) electrons. The van der Waals surface area contributed by atoms with E-state index in [2.05, 4.69) is 5.32 Å². The molecule has 2 saturated heterocycles. The van der Waals surface area contributed by atoms with Crippen molar-refractivity contribution in [2.75, 3.05) is 20.1 Å². The van der Waals surface area contributed by atoms with E-state index in [1.165, 1.54) is 30.1 Å². The summed E-state index contributed by atoms with van der Waals surface area (Å²) in [4.78, 5) is 41.0. The monoisotopic (exact) mass is 587 g/mol. The maximum Gasteiger partial charge on any atom is 0.416 e. The van der Waals surface area contributed by atoms with Gasteiger partial charge >= 0.3 is 12.4 Å². The summed E-state index contributed by atoms with van der Waals surface area (Å²) in [5, 5.41) is 2.62.